The summed E-state index contributed by atoms with van der Waals surface area (Å²) in [7, 11) is -0.339. The highest BCUT2D eigenvalue weighted by Gasteiger charge is 2.51. The summed E-state index contributed by atoms with van der Waals surface area (Å²) < 4.78 is 11.9. The molecule has 4 heteroatoms. The zero-order valence-corrected chi connectivity index (χ0v) is 11.8. The molecule has 1 fully saturated rings. The Kier molecular flexibility index (Phi) is 3.65. The molecule has 0 atom stereocenters. The Morgan fingerprint density at radius 1 is 1.00 bits per heavy atom. The fourth-order valence-corrected chi connectivity index (χ4v) is 1.89. The van der Waals surface area contributed by atoms with Gasteiger partial charge in [-0.05, 0) is 44.8 Å². The molecule has 0 spiro atoms. The smallest absolute Gasteiger partial charge is 0.399 e. The summed E-state index contributed by atoms with van der Waals surface area (Å²) in [6.45, 7) is 8.14. The van der Waals surface area contributed by atoms with E-state index in [0.717, 1.165) is 17.3 Å². The van der Waals surface area contributed by atoms with Crippen molar-refractivity contribution in [2.45, 2.75) is 38.9 Å². The second-order valence-corrected chi connectivity index (χ2v) is 5.75. The quantitative estimate of drug-likeness (QED) is 0.473. The van der Waals surface area contributed by atoms with Crippen molar-refractivity contribution in [3.8, 4) is 0 Å². The summed E-state index contributed by atoms with van der Waals surface area (Å²) in [6.07, 6.45) is 4.01. The number of hydrogen-bond donors (Lipinski definition) is 0. The SMILES string of the molecule is CC1(C)OB(c2ccc(/C=C/C=O)cc2)OC1(C)C. The summed E-state index contributed by atoms with van der Waals surface area (Å²) in [5, 5.41) is 0. The number of carbonyl (C=O) groups excluding carboxylic acids is 1. The fourth-order valence-electron chi connectivity index (χ4n) is 1.89. The monoisotopic (exact) mass is 258 g/mol. The number of allylic oxidation sites excluding steroid dienone is 1. The van der Waals surface area contributed by atoms with Gasteiger partial charge in [0.05, 0.1) is 11.2 Å². The summed E-state index contributed by atoms with van der Waals surface area (Å²) in [5.41, 5.74) is 1.32. The molecular formula is C15H19BO3. The topological polar surface area (TPSA) is 35.5 Å². The second kappa shape index (κ2) is 4.95. The number of rotatable bonds is 3. The third kappa shape index (κ3) is 2.80. The highest BCUT2D eigenvalue weighted by Crippen LogP contribution is 2.36. The van der Waals surface area contributed by atoms with Crippen molar-refractivity contribution in [2.75, 3.05) is 0 Å². The molecule has 1 saturated heterocycles. The lowest BCUT2D eigenvalue weighted by atomic mass is 9.79. The highest BCUT2D eigenvalue weighted by atomic mass is 16.7. The molecule has 0 aromatic heterocycles. The summed E-state index contributed by atoms with van der Waals surface area (Å²) in [6, 6.07) is 7.82. The lowest BCUT2D eigenvalue weighted by Gasteiger charge is -2.32. The zero-order valence-electron chi connectivity index (χ0n) is 11.8. The lowest BCUT2D eigenvalue weighted by molar-refractivity contribution is -0.104. The molecule has 0 saturated carbocycles. The van der Waals surface area contributed by atoms with Crippen LogP contribution in [0.3, 0.4) is 0 Å². The van der Waals surface area contributed by atoms with Gasteiger partial charge in [-0.15, -0.1) is 0 Å². The average Bonchev–Trinajstić information content (AvgIpc) is 2.56. The van der Waals surface area contributed by atoms with Crippen LogP contribution < -0.4 is 5.46 Å². The van der Waals surface area contributed by atoms with Crippen LogP contribution in [0.2, 0.25) is 0 Å². The molecule has 100 valence electrons. The van der Waals surface area contributed by atoms with Crippen molar-refractivity contribution in [3.05, 3.63) is 35.9 Å². The molecule has 1 aliphatic rings. The van der Waals surface area contributed by atoms with Gasteiger partial charge >= 0.3 is 7.12 Å². The standard InChI is InChI=1S/C15H19BO3/c1-14(2)15(3,4)19-16(18-14)13-9-7-12(8-10-13)6-5-11-17/h5-11H,1-4H3/b6-5+. The third-order valence-corrected chi connectivity index (χ3v) is 3.83. The molecule has 19 heavy (non-hydrogen) atoms. The van der Waals surface area contributed by atoms with Gasteiger partial charge in [0.25, 0.3) is 0 Å². The number of aldehydes is 1. The van der Waals surface area contributed by atoms with Gasteiger partial charge < -0.3 is 9.31 Å². The van der Waals surface area contributed by atoms with E-state index in [1.165, 1.54) is 6.08 Å². The van der Waals surface area contributed by atoms with Crippen LogP contribution in [-0.2, 0) is 14.1 Å². The van der Waals surface area contributed by atoms with Crippen LogP contribution in [0.25, 0.3) is 6.08 Å². The molecule has 0 aliphatic carbocycles. The molecule has 2 rings (SSSR count). The van der Waals surface area contributed by atoms with Crippen LogP contribution >= 0.6 is 0 Å². The summed E-state index contributed by atoms with van der Waals surface area (Å²) in [5.74, 6) is 0. The molecule has 0 radical (unpaired) electrons. The Morgan fingerprint density at radius 2 is 1.53 bits per heavy atom. The van der Waals surface area contributed by atoms with E-state index < -0.39 is 0 Å². The molecule has 3 nitrogen and oxygen atoms in total. The first-order chi connectivity index (χ1) is 8.86. The van der Waals surface area contributed by atoms with E-state index in [1.54, 1.807) is 6.08 Å². The van der Waals surface area contributed by atoms with E-state index in [1.807, 2.05) is 52.0 Å². The zero-order chi connectivity index (χ0) is 14.1. The van der Waals surface area contributed by atoms with Crippen molar-refractivity contribution in [1.29, 1.82) is 0 Å². The first kappa shape index (κ1) is 14.0. The minimum absolute atomic E-state index is 0.326. The van der Waals surface area contributed by atoms with Gasteiger partial charge in [-0.25, -0.2) is 0 Å². The van der Waals surface area contributed by atoms with Crippen LogP contribution in [0.4, 0.5) is 0 Å². The Hall–Kier alpha value is -1.39. The molecule has 0 unspecified atom stereocenters. The lowest BCUT2D eigenvalue weighted by Crippen LogP contribution is -2.41. The van der Waals surface area contributed by atoms with E-state index >= 15 is 0 Å². The molecule has 1 aromatic rings. The van der Waals surface area contributed by atoms with Gasteiger partial charge in [-0.2, -0.15) is 0 Å². The van der Waals surface area contributed by atoms with Gasteiger partial charge in [-0.1, -0.05) is 30.3 Å². The van der Waals surface area contributed by atoms with Gasteiger partial charge in [-0.3, -0.25) is 4.79 Å². The Balaban J connectivity index is 2.16. The maximum Gasteiger partial charge on any atom is 0.494 e. The van der Waals surface area contributed by atoms with E-state index in [2.05, 4.69) is 0 Å². The molecule has 1 aromatic carbocycles. The molecule has 0 bridgehead atoms. The van der Waals surface area contributed by atoms with Crippen molar-refractivity contribution in [1.82, 2.24) is 0 Å². The molecule has 1 heterocycles. The minimum atomic E-state index is -0.339. The molecule has 1 aliphatic heterocycles. The van der Waals surface area contributed by atoms with Crippen LogP contribution in [0.5, 0.6) is 0 Å². The largest absolute Gasteiger partial charge is 0.494 e. The van der Waals surface area contributed by atoms with E-state index in [9.17, 15) is 4.79 Å². The summed E-state index contributed by atoms with van der Waals surface area (Å²) >= 11 is 0. The highest BCUT2D eigenvalue weighted by molar-refractivity contribution is 6.62. The van der Waals surface area contributed by atoms with Crippen LogP contribution in [0.1, 0.15) is 33.3 Å². The molecule has 0 amide bonds. The molecule has 0 N–H and O–H groups in total. The molecular weight excluding hydrogens is 239 g/mol. The van der Waals surface area contributed by atoms with Gasteiger partial charge in [0.15, 0.2) is 0 Å². The Morgan fingerprint density at radius 3 is 2.00 bits per heavy atom. The summed E-state index contributed by atoms with van der Waals surface area (Å²) in [4.78, 5) is 10.3. The second-order valence-electron chi connectivity index (χ2n) is 5.75. The first-order valence-corrected chi connectivity index (χ1v) is 6.43. The maximum atomic E-state index is 10.3. The predicted octanol–water partition coefficient (Wildman–Crippen LogP) is 2.20. The van der Waals surface area contributed by atoms with Crippen molar-refractivity contribution in [3.63, 3.8) is 0 Å². The van der Waals surface area contributed by atoms with E-state index in [4.69, 9.17) is 9.31 Å². The van der Waals surface area contributed by atoms with Crippen LogP contribution in [0.15, 0.2) is 30.3 Å². The van der Waals surface area contributed by atoms with Gasteiger partial charge in [0.1, 0.15) is 6.29 Å². The van der Waals surface area contributed by atoms with Crippen LogP contribution in [-0.4, -0.2) is 24.6 Å². The van der Waals surface area contributed by atoms with Crippen molar-refractivity contribution in [2.24, 2.45) is 0 Å². The average molecular weight is 258 g/mol. The Labute approximate surface area is 114 Å². The number of benzene rings is 1. The Bertz CT molecular complexity index is 473. The first-order valence-electron chi connectivity index (χ1n) is 6.43. The number of hydrogen-bond acceptors (Lipinski definition) is 3. The van der Waals surface area contributed by atoms with Crippen molar-refractivity contribution >= 4 is 24.9 Å². The minimum Gasteiger partial charge on any atom is -0.399 e. The van der Waals surface area contributed by atoms with E-state index in [0.29, 0.717) is 0 Å². The normalized spacial score (nSPS) is 20.9. The van der Waals surface area contributed by atoms with Crippen molar-refractivity contribution < 1.29 is 14.1 Å². The fraction of sp³-hybridized carbons (Fsp3) is 0.400. The van der Waals surface area contributed by atoms with Gasteiger partial charge in [0.2, 0.25) is 0 Å². The number of carbonyl (C=O) groups is 1. The van der Waals surface area contributed by atoms with E-state index in [-0.39, 0.29) is 18.3 Å². The predicted molar refractivity (Wildman–Crippen MR) is 77.3 cm³/mol. The van der Waals surface area contributed by atoms with Crippen LogP contribution in [0, 0.1) is 0 Å². The third-order valence-electron chi connectivity index (χ3n) is 3.83. The maximum absolute atomic E-state index is 10.3. The van der Waals surface area contributed by atoms with Gasteiger partial charge in [0, 0.05) is 0 Å².